The third kappa shape index (κ3) is 20.4. The molecular weight excluding hydrogens is 1210 g/mol. The van der Waals surface area contributed by atoms with Gasteiger partial charge in [-0.3, -0.25) is 48.0 Å². The number of hydrogen-bond donors (Lipinski definition) is 6. The average molecular weight is 1330 g/mol. The first-order valence-electron chi connectivity index (χ1n) is 34.8. The van der Waals surface area contributed by atoms with E-state index in [4.69, 9.17) is 14.4 Å². The van der Waals surface area contributed by atoms with Crippen molar-refractivity contribution in [3.05, 3.63) is 70.8 Å². The number of carbonyl (C=O) groups excluding carboxylic acids is 9. The number of rotatable bonds is 34. The lowest BCUT2D eigenvalue weighted by Gasteiger charge is -2.61. The van der Waals surface area contributed by atoms with Crippen molar-refractivity contribution in [1.29, 1.82) is 0 Å². The minimum atomic E-state index is -1.14. The Morgan fingerprint density at radius 1 is 0.495 bits per heavy atom. The summed E-state index contributed by atoms with van der Waals surface area (Å²) in [6.45, 7) is 38.7. The van der Waals surface area contributed by atoms with Crippen LogP contribution in [0.15, 0.2) is 48.5 Å². The maximum Gasteiger partial charge on any atom is 0.408 e. The van der Waals surface area contributed by atoms with Gasteiger partial charge in [0.2, 0.25) is 29.5 Å². The summed E-state index contributed by atoms with van der Waals surface area (Å²) in [5, 5.41) is 20.2. The summed E-state index contributed by atoms with van der Waals surface area (Å²) >= 11 is 0. The van der Waals surface area contributed by atoms with E-state index in [-0.39, 0.29) is 60.6 Å². The number of esters is 1. The fourth-order valence-electron chi connectivity index (χ4n) is 12.8. The molecule has 4 rings (SSSR count). The van der Waals surface area contributed by atoms with Gasteiger partial charge in [0, 0.05) is 48.4 Å². The molecule has 2 heterocycles. The van der Waals surface area contributed by atoms with Gasteiger partial charge < -0.3 is 51.2 Å². The van der Waals surface area contributed by atoms with Gasteiger partial charge in [0.1, 0.15) is 47.5 Å². The molecule has 95 heavy (non-hydrogen) atoms. The molecule has 0 aromatic heterocycles. The molecule has 2 aromatic carbocycles. The monoisotopic (exact) mass is 1330 g/mol. The Balaban J connectivity index is 1.33. The molecule has 2 saturated heterocycles. The maximum atomic E-state index is 14.4. The van der Waals surface area contributed by atoms with Crippen molar-refractivity contribution in [3.8, 4) is 0 Å². The number of nitrogens with one attached hydrogen (secondary N) is 6. The first-order valence-corrected chi connectivity index (χ1v) is 34.8. The number of hydrogen-bond acceptors (Lipinski definition) is 15. The number of alkyl carbamates (subject to hydrolysis) is 1. The van der Waals surface area contributed by atoms with E-state index >= 15 is 0 Å². The minimum Gasteiger partial charge on any atom is -0.468 e. The quantitative estimate of drug-likeness (QED) is 0.0281. The van der Waals surface area contributed by atoms with E-state index in [0.717, 1.165) is 36.8 Å². The van der Waals surface area contributed by atoms with Crippen molar-refractivity contribution in [2.75, 3.05) is 46.4 Å². The van der Waals surface area contributed by atoms with Crippen LogP contribution in [-0.2, 0) is 47.9 Å². The number of hydroxylamine groups is 4. The summed E-state index contributed by atoms with van der Waals surface area (Å²) in [6.07, 6.45) is 5.53. The van der Waals surface area contributed by atoms with Gasteiger partial charge in [-0.2, -0.15) is 10.1 Å². The number of unbranched alkanes of at least 4 members (excludes halogenated alkanes) is 2. The number of ether oxygens (including phenoxy) is 2. The first-order chi connectivity index (χ1) is 44.5. The molecule has 0 radical (unpaired) electrons. The van der Waals surface area contributed by atoms with Crippen LogP contribution in [0, 0.1) is 0 Å². The second-order valence-electron chi connectivity index (χ2n) is 28.6. The predicted molar refractivity (Wildman–Crippen MR) is 367 cm³/mol. The SMILES string of the molecule is CCC1(CC)CN(C(C)(C)C)C(=O)C(CC)(CC)N1OC(C)c1ccc(C(=O)NCCCC[C@H](NC(=O)CNC(=O)[C@H](CCCCNC(=O)c2ccc(C(C)ON3C(CC)(CC)CN(C(C)(C)C)C(=O)C3(CC)CC)cc2)NC(=O)OC(C)(C)C)C(=O)NCC(=O)OC)cc1. The van der Waals surface area contributed by atoms with E-state index in [1.165, 1.54) is 7.11 Å². The van der Waals surface area contributed by atoms with Crippen molar-refractivity contribution in [3.63, 3.8) is 0 Å². The highest BCUT2D eigenvalue weighted by Gasteiger charge is 2.61. The summed E-state index contributed by atoms with van der Waals surface area (Å²) in [7, 11) is 1.18. The number of methoxy groups -OCH3 is 1. The third-order valence-electron chi connectivity index (χ3n) is 19.4. The molecular formula is C72H118N10O13. The minimum absolute atomic E-state index is 0.0627. The average Bonchev–Trinajstić information content (AvgIpc) is 0.730. The Morgan fingerprint density at radius 3 is 1.18 bits per heavy atom. The Labute approximate surface area is 567 Å². The van der Waals surface area contributed by atoms with Crippen LogP contribution in [-0.4, -0.2) is 171 Å². The fourth-order valence-corrected chi connectivity index (χ4v) is 12.8. The topological polar surface area (TPSA) is 276 Å². The molecule has 534 valence electrons. The molecule has 2 aliphatic rings. The van der Waals surface area contributed by atoms with Gasteiger partial charge in [-0.15, -0.1) is 0 Å². The molecule has 2 unspecified atom stereocenters. The van der Waals surface area contributed by atoms with Crippen LogP contribution in [0.3, 0.4) is 0 Å². The number of piperazine rings is 2. The molecule has 2 aliphatic heterocycles. The van der Waals surface area contributed by atoms with Crippen LogP contribution < -0.4 is 31.9 Å². The predicted octanol–water partition coefficient (Wildman–Crippen LogP) is 10.1. The molecule has 0 aliphatic carbocycles. The van der Waals surface area contributed by atoms with Gasteiger partial charge in [0.05, 0.1) is 24.7 Å². The smallest absolute Gasteiger partial charge is 0.408 e. The zero-order valence-corrected chi connectivity index (χ0v) is 61.2. The zero-order valence-electron chi connectivity index (χ0n) is 61.2. The Bertz CT molecular complexity index is 2880. The summed E-state index contributed by atoms with van der Waals surface area (Å²) in [4.78, 5) is 139. The number of nitrogens with zero attached hydrogens (tertiary/aromatic N) is 4. The summed E-state index contributed by atoms with van der Waals surface area (Å²) in [5.74, 6) is -3.27. The van der Waals surface area contributed by atoms with Crippen molar-refractivity contribution in [2.45, 2.75) is 285 Å². The molecule has 8 amide bonds. The van der Waals surface area contributed by atoms with Crippen LogP contribution in [0.5, 0.6) is 0 Å². The lowest BCUT2D eigenvalue weighted by atomic mass is 9.77. The molecule has 0 spiro atoms. The van der Waals surface area contributed by atoms with Gasteiger partial charge in [-0.05, 0) is 201 Å². The number of carbonyl (C=O) groups is 9. The lowest BCUT2D eigenvalue weighted by molar-refractivity contribution is -0.320. The van der Waals surface area contributed by atoms with E-state index in [1.54, 1.807) is 45.0 Å². The van der Waals surface area contributed by atoms with Gasteiger partial charge in [-0.25, -0.2) is 4.79 Å². The van der Waals surface area contributed by atoms with Crippen LogP contribution >= 0.6 is 0 Å². The molecule has 23 heteroatoms. The van der Waals surface area contributed by atoms with Crippen molar-refractivity contribution in [1.82, 2.24) is 51.8 Å². The van der Waals surface area contributed by atoms with Gasteiger partial charge in [0.25, 0.3) is 11.8 Å². The molecule has 6 N–H and O–H groups in total. The summed E-state index contributed by atoms with van der Waals surface area (Å²) in [5.41, 5.74) is -1.61. The lowest BCUT2D eigenvalue weighted by Crippen LogP contribution is -2.76. The molecule has 0 saturated carbocycles. The summed E-state index contributed by atoms with van der Waals surface area (Å²) < 4.78 is 10.1. The van der Waals surface area contributed by atoms with Gasteiger partial charge in [-0.1, -0.05) is 79.7 Å². The highest BCUT2D eigenvalue weighted by Crippen LogP contribution is 2.47. The molecule has 2 fully saturated rings. The fraction of sp³-hybridized carbons (Fsp3) is 0.708. The van der Waals surface area contributed by atoms with Crippen LogP contribution in [0.25, 0.3) is 0 Å². The molecule has 4 atom stereocenters. The van der Waals surface area contributed by atoms with E-state index < -0.39 is 94.9 Å². The summed E-state index contributed by atoms with van der Waals surface area (Å²) in [6, 6.07) is 12.1. The van der Waals surface area contributed by atoms with E-state index in [1.807, 2.05) is 85.7 Å². The van der Waals surface area contributed by atoms with E-state index in [9.17, 15) is 43.2 Å². The highest BCUT2D eigenvalue weighted by atomic mass is 16.7. The zero-order chi connectivity index (χ0) is 71.5. The second kappa shape index (κ2) is 35.0. The Morgan fingerprint density at radius 2 is 0.853 bits per heavy atom. The first kappa shape index (κ1) is 80.7. The number of amides is 8. The van der Waals surface area contributed by atoms with Crippen LogP contribution in [0.4, 0.5) is 4.79 Å². The van der Waals surface area contributed by atoms with Crippen molar-refractivity contribution < 1.29 is 62.3 Å². The van der Waals surface area contributed by atoms with Gasteiger partial charge >= 0.3 is 12.1 Å². The maximum absolute atomic E-state index is 14.4. The Hall–Kier alpha value is -6.69. The molecule has 2 aromatic rings. The largest absolute Gasteiger partial charge is 0.468 e. The van der Waals surface area contributed by atoms with Crippen molar-refractivity contribution >= 4 is 53.4 Å². The molecule has 0 bridgehead atoms. The third-order valence-corrected chi connectivity index (χ3v) is 19.4. The standard InChI is InChI=1S/C72H118N10O13/c1-21-69(22-2)47-79(66(11,12)13)63(89)71(25-5,26-6)81(69)94-49(9)51-35-39-53(40-36-51)59(85)73-43-31-29-33-55(61(87)76-46-58(84)92-20)77-57(83)45-75-62(88)56(78-65(91)93-68(17,18)19)34-30-32-44-74-60(86)54-41-37-52(38-42-54)50(10)95-82-70(23-3,24-4)48-80(67(14,15)16)64(90)72(82,27-7)28-8/h35-42,49-50,55-56H,21-34,43-48H2,1-20H3,(H,73,85)(H,74,86)(H,75,88)(H,76,87)(H,77,83)(H,78,91)/t49?,50?,55-,56-/m0/s1. The normalized spacial score (nSPS) is 17.8. The highest BCUT2D eigenvalue weighted by molar-refractivity contribution is 5.95. The van der Waals surface area contributed by atoms with Crippen LogP contribution in [0.2, 0.25) is 0 Å². The van der Waals surface area contributed by atoms with E-state index in [0.29, 0.717) is 75.6 Å². The van der Waals surface area contributed by atoms with E-state index in [2.05, 4.69) is 106 Å². The Kier molecular flexibility index (Phi) is 29.8. The number of benzene rings is 2. The van der Waals surface area contributed by atoms with Crippen LogP contribution in [0.1, 0.15) is 265 Å². The second-order valence-corrected chi connectivity index (χ2v) is 28.6. The van der Waals surface area contributed by atoms with Crippen molar-refractivity contribution in [2.24, 2.45) is 0 Å². The molecule has 23 nitrogen and oxygen atoms in total. The van der Waals surface area contributed by atoms with Gasteiger partial charge in [0.15, 0.2) is 0 Å².